The number of likely N-dealkylation sites (tertiary alicyclic amines) is 1. The van der Waals surface area contributed by atoms with Gasteiger partial charge in [-0.05, 0) is 17.7 Å². The molecule has 0 amide bonds. The number of piperidine rings is 1. The van der Waals surface area contributed by atoms with Crippen LogP contribution in [0.2, 0.25) is 0 Å². The fraction of sp³-hybridized carbons (Fsp3) is 0.462. The molecule has 1 fully saturated rings. The molecule has 92 valence electrons. The van der Waals surface area contributed by atoms with Gasteiger partial charge in [-0.3, -0.25) is 4.90 Å². The number of oxime groups is 1. The molecule has 0 unspecified atom stereocenters. The maximum atomic E-state index is 8.69. The van der Waals surface area contributed by atoms with Crippen molar-refractivity contribution in [3.05, 3.63) is 29.8 Å². The van der Waals surface area contributed by atoms with Gasteiger partial charge in [-0.2, -0.15) is 0 Å². The fourth-order valence-corrected chi connectivity index (χ4v) is 2.10. The van der Waals surface area contributed by atoms with Crippen LogP contribution in [0, 0.1) is 0 Å². The molecule has 0 radical (unpaired) electrons. The average Bonchev–Trinajstić information content (AvgIpc) is 2.40. The van der Waals surface area contributed by atoms with E-state index in [0.29, 0.717) is 0 Å². The van der Waals surface area contributed by atoms with Crippen molar-refractivity contribution in [1.82, 2.24) is 4.90 Å². The third-order valence-corrected chi connectivity index (χ3v) is 3.11. The summed E-state index contributed by atoms with van der Waals surface area (Å²) in [5.74, 6) is 0.900. The third kappa shape index (κ3) is 3.20. The first-order valence-corrected chi connectivity index (χ1v) is 5.87. The fourth-order valence-electron chi connectivity index (χ4n) is 2.10. The van der Waals surface area contributed by atoms with E-state index in [1.54, 1.807) is 7.11 Å². The lowest BCUT2D eigenvalue weighted by molar-refractivity contribution is 0.256. The van der Waals surface area contributed by atoms with Gasteiger partial charge in [-0.1, -0.05) is 17.3 Å². The molecule has 1 aliphatic rings. The van der Waals surface area contributed by atoms with Crippen molar-refractivity contribution < 1.29 is 9.94 Å². The van der Waals surface area contributed by atoms with Crippen molar-refractivity contribution in [1.29, 1.82) is 0 Å². The highest BCUT2D eigenvalue weighted by Gasteiger charge is 2.15. The molecule has 1 aromatic rings. The van der Waals surface area contributed by atoms with Crippen LogP contribution in [0.5, 0.6) is 5.75 Å². The largest absolute Gasteiger partial charge is 0.497 e. The minimum Gasteiger partial charge on any atom is -0.497 e. The molecule has 0 aliphatic carbocycles. The van der Waals surface area contributed by atoms with Crippen LogP contribution in [-0.2, 0) is 6.54 Å². The van der Waals surface area contributed by atoms with Crippen LogP contribution < -0.4 is 4.74 Å². The second kappa shape index (κ2) is 5.68. The number of hydrogen-bond acceptors (Lipinski definition) is 4. The summed E-state index contributed by atoms with van der Waals surface area (Å²) in [7, 11) is 1.68. The van der Waals surface area contributed by atoms with Gasteiger partial charge in [-0.25, -0.2) is 0 Å². The Balaban J connectivity index is 1.93. The summed E-state index contributed by atoms with van der Waals surface area (Å²) in [6, 6.07) is 8.14. The molecular weight excluding hydrogens is 216 g/mol. The number of rotatable bonds is 3. The zero-order valence-electron chi connectivity index (χ0n) is 10.1. The summed E-state index contributed by atoms with van der Waals surface area (Å²) >= 11 is 0. The van der Waals surface area contributed by atoms with E-state index < -0.39 is 0 Å². The molecule has 0 saturated carbocycles. The first-order valence-electron chi connectivity index (χ1n) is 5.87. The van der Waals surface area contributed by atoms with Crippen LogP contribution in [0.3, 0.4) is 0 Å². The first-order chi connectivity index (χ1) is 8.31. The molecule has 17 heavy (non-hydrogen) atoms. The molecule has 0 aromatic heterocycles. The SMILES string of the molecule is COc1cccc(CN2CCC(=NO)CC2)c1. The quantitative estimate of drug-likeness (QED) is 0.643. The van der Waals surface area contributed by atoms with E-state index in [2.05, 4.69) is 22.2 Å². The van der Waals surface area contributed by atoms with Gasteiger partial charge >= 0.3 is 0 Å². The Hall–Kier alpha value is -1.55. The van der Waals surface area contributed by atoms with Gasteiger partial charge in [0.05, 0.1) is 12.8 Å². The number of hydrogen-bond donors (Lipinski definition) is 1. The van der Waals surface area contributed by atoms with Crippen LogP contribution in [0.4, 0.5) is 0 Å². The molecule has 4 heteroatoms. The van der Waals surface area contributed by atoms with E-state index in [9.17, 15) is 0 Å². The highest BCUT2D eigenvalue weighted by atomic mass is 16.5. The zero-order chi connectivity index (χ0) is 12.1. The summed E-state index contributed by atoms with van der Waals surface area (Å²) < 4.78 is 5.21. The maximum absolute atomic E-state index is 8.69. The Bertz CT molecular complexity index is 394. The van der Waals surface area contributed by atoms with E-state index in [1.165, 1.54) is 5.56 Å². The summed E-state index contributed by atoms with van der Waals surface area (Å²) in [6.07, 6.45) is 1.72. The van der Waals surface area contributed by atoms with E-state index >= 15 is 0 Å². The molecule has 1 aromatic carbocycles. The van der Waals surface area contributed by atoms with Gasteiger partial charge in [0.25, 0.3) is 0 Å². The molecule has 1 N–H and O–H groups in total. The van der Waals surface area contributed by atoms with E-state index in [-0.39, 0.29) is 0 Å². The highest BCUT2D eigenvalue weighted by molar-refractivity contribution is 5.84. The molecule has 0 bridgehead atoms. The maximum Gasteiger partial charge on any atom is 0.119 e. The normalized spacial score (nSPS) is 16.9. The van der Waals surface area contributed by atoms with Crippen LogP contribution in [-0.4, -0.2) is 36.0 Å². The van der Waals surface area contributed by atoms with Crippen LogP contribution in [0.1, 0.15) is 18.4 Å². The van der Waals surface area contributed by atoms with E-state index in [0.717, 1.165) is 43.9 Å². The van der Waals surface area contributed by atoms with Gasteiger partial charge in [0.2, 0.25) is 0 Å². The summed E-state index contributed by atoms with van der Waals surface area (Å²) in [4.78, 5) is 2.36. The lowest BCUT2D eigenvalue weighted by Crippen LogP contribution is -2.33. The number of methoxy groups -OCH3 is 1. The monoisotopic (exact) mass is 234 g/mol. The van der Waals surface area contributed by atoms with Crippen LogP contribution in [0.15, 0.2) is 29.4 Å². The molecule has 0 atom stereocenters. The summed E-state index contributed by atoms with van der Waals surface area (Å²) in [5.41, 5.74) is 2.17. The minimum absolute atomic E-state index is 0.862. The highest BCUT2D eigenvalue weighted by Crippen LogP contribution is 2.16. The van der Waals surface area contributed by atoms with Crippen molar-refractivity contribution in [3.8, 4) is 5.75 Å². The molecule has 1 aliphatic heterocycles. The Kier molecular flexibility index (Phi) is 3.98. The van der Waals surface area contributed by atoms with Gasteiger partial charge in [0, 0.05) is 32.5 Å². The Labute approximate surface area is 101 Å². The first kappa shape index (κ1) is 11.9. The average molecular weight is 234 g/mol. The predicted molar refractivity (Wildman–Crippen MR) is 66.7 cm³/mol. The summed E-state index contributed by atoms with van der Waals surface area (Å²) in [5, 5.41) is 12.0. The number of benzene rings is 1. The lowest BCUT2D eigenvalue weighted by atomic mass is 10.1. The molecule has 1 saturated heterocycles. The van der Waals surface area contributed by atoms with E-state index in [4.69, 9.17) is 9.94 Å². The smallest absolute Gasteiger partial charge is 0.119 e. The zero-order valence-corrected chi connectivity index (χ0v) is 10.1. The second-order valence-electron chi connectivity index (χ2n) is 4.29. The van der Waals surface area contributed by atoms with Gasteiger partial charge < -0.3 is 9.94 Å². The van der Waals surface area contributed by atoms with Crippen molar-refractivity contribution in [2.24, 2.45) is 5.16 Å². The standard InChI is InChI=1S/C13H18N2O2/c1-17-13-4-2-3-11(9-13)10-15-7-5-12(14-16)6-8-15/h2-4,9,16H,5-8,10H2,1H3. The van der Waals surface area contributed by atoms with Crippen LogP contribution >= 0.6 is 0 Å². The van der Waals surface area contributed by atoms with Crippen molar-refractivity contribution >= 4 is 5.71 Å². The lowest BCUT2D eigenvalue weighted by Gasteiger charge is -2.27. The van der Waals surface area contributed by atoms with Crippen molar-refractivity contribution in [2.45, 2.75) is 19.4 Å². The third-order valence-electron chi connectivity index (χ3n) is 3.11. The molecular formula is C13H18N2O2. The van der Waals surface area contributed by atoms with Gasteiger partial charge in [-0.15, -0.1) is 0 Å². The molecule has 2 rings (SSSR count). The van der Waals surface area contributed by atoms with Gasteiger partial charge in [0.15, 0.2) is 0 Å². The molecule has 1 heterocycles. The van der Waals surface area contributed by atoms with Crippen molar-refractivity contribution in [3.63, 3.8) is 0 Å². The minimum atomic E-state index is 0.862. The number of nitrogens with zero attached hydrogens (tertiary/aromatic N) is 2. The Morgan fingerprint density at radius 3 is 2.76 bits per heavy atom. The Morgan fingerprint density at radius 1 is 1.35 bits per heavy atom. The predicted octanol–water partition coefficient (Wildman–Crippen LogP) is 2.12. The summed E-state index contributed by atoms with van der Waals surface area (Å²) in [6.45, 7) is 2.84. The Morgan fingerprint density at radius 2 is 2.12 bits per heavy atom. The van der Waals surface area contributed by atoms with Crippen LogP contribution in [0.25, 0.3) is 0 Å². The molecule has 4 nitrogen and oxygen atoms in total. The second-order valence-corrected chi connectivity index (χ2v) is 4.29. The van der Waals surface area contributed by atoms with Crippen molar-refractivity contribution in [2.75, 3.05) is 20.2 Å². The molecule has 0 spiro atoms. The topological polar surface area (TPSA) is 45.1 Å². The van der Waals surface area contributed by atoms with Gasteiger partial charge in [0.1, 0.15) is 5.75 Å². The number of ether oxygens (including phenoxy) is 1. The van der Waals surface area contributed by atoms with E-state index in [1.807, 2.05) is 12.1 Å².